The van der Waals surface area contributed by atoms with Gasteiger partial charge in [0, 0.05) is 35.1 Å². The van der Waals surface area contributed by atoms with Crippen LogP contribution in [0.2, 0.25) is 0 Å². The van der Waals surface area contributed by atoms with Gasteiger partial charge in [-0.3, -0.25) is 13.4 Å². The van der Waals surface area contributed by atoms with Crippen LogP contribution in [0, 0.1) is 0 Å². The second-order valence-corrected chi connectivity index (χ2v) is 6.94. The number of rotatable bonds is 5. The van der Waals surface area contributed by atoms with Crippen LogP contribution in [0.25, 0.3) is 5.65 Å². The number of ether oxygens (including phenoxy) is 1. The first kappa shape index (κ1) is 17.0. The molecule has 0 aliphatic rings. The summed E-state index contributed by atoms with van der Waals surface area (Å²) in [6.07, 6.45) is 3.23. The maximum absolute atomic E-state index is 12.2. The summed E-state index contributed by atoms with van der Waals surface area (Å²) in [6, 6.07) is 13.4. The van der Waals surface area contributed by atoms with Gasteiger partial charge in [0.1, 0.15) is 12.3 Å². The number of fused-ring (bicyclic) bond motifs is 1. The molecule has 0 amide bonds. The topological polar surface area (TPSA) is 77.7 Å². The van der Waals surface area contributed by atoms with Crippen molar-refractivity contribution < 1.29 is 13.7 Å². The standard InChI is InChI=1S/C18H16N2O4S/c1-25(23)12-13-5-4-6-14(9-13)18(22)24-11-15-10-17(21)20-8-3-2-7-16(20)19-15/h2-10H,11-12H2,1H3. The molecule has 0 saturated carbocycles. The molecule has 0 bridgehead atoms. The Bertz CT molecular complexity index is 1010. The Morgan fingerprint density at radius 2 is 2.04 bits per heavy atom. The molecule has 3 aromatic rings. The number of carbonyl (C=O) groups excluding carboxylic acids is 1. The van der Waals surface area contributed by atoms with Gasteiger partial charge in [0.05, 0.1) is 11.3 Å². The van der Waals surface area contributed by atoms with E-state index in [4.69, 9.17) is 4.74 Å². The third kappa shape index (κ3) is 4.19. The largest absolute Gasteiger partial charge is 0.456 e. The van der Waals surface area contributed by atoms with Crippen LogP contribution in [0.5, 0.6) is 0 Å². The van der Waals surface area contributed by atoms with Gasteiger partial charge in [-0.05, 0) is 29.8 Å². The molecule has 6 nitrogen and oxygen atoms in total. The normalized spacial score (nSPS) is 12.0. The Labute approximate surface area is 146 Å². The molecule has 1 atom stereocenters. The van der Waals surface area contributed by atoms with E-state index in [1.54, 1.807) is 48.9 Å². The summed E-state index contributed by atoms with van der Waals surface area (Å²) in [6.45, 7) is -0.0938. The first-order chi connectivity index (χ1) is 12.0. The van der Waals surface area contributed by atoms with Crippen LogP contribution in [0.15, 0.2) is 59.5 Å². The van der Waals surface area contributed by atoms with E-state index in [1.807, 2.05) is 6.07 Å². The average molecular weight is 356 g/mol. The van der Waals surface area contributed by atoms with E-state index >= 15 is 0 Å². The summed E-state index contributed by atoms with van der Waals surface area (Å²) in [5.41, 5.74) is 1.82. The molecule has 7 heteroatoms. The van der Waals surface area contributed by atoms with Crippen molar-refractivity contribution in [2.24, 2.45) is 0 Å². The van der Waals surface area contributed by atoms with Crippen molar-refractivity contribution in [1.82, 2.24) is 9.38 Å². The van der Waals surface area contributed by atoms with Crippen LogP contribution in [-0.4, -0.2) is 25.8 Å². The molecular weight excluding hydrogens is 340 g/mol. The van der Waals surface area contributed by atoms with Crippen molar-refractivity contribution in [3.63, 3.8) is 0 Å². The summed E-state index contributed by atoms with van der Waals surface area (Å²) in [4.78, 5) is 28.5. The van der Waals surface area contributed by atoms with Crippen LogP contribution < -0.4 is 5.56 Å². The van der Waals surface area contributed by atoms with Crippen molar-refractivity contribution >= 4 is 22.4 Å². The van der Waals surface area contributed by atoms with Gasteiger partial charge in [0.15, 0.2) is 0 Å². The second-order valence-electron chi connectivity index (χ2n) is 5.51. The van der Waals surface area contributed by atoms with Gasteiger partial charge >= 0.3 is 5.97 Å². The van der Waals surface area contributed by atoms with E-state index in [1.165, 1.54) is 10.5 Å². The minimum atomic E-state index is -0.987. The van der Waals surface area contributed by atoms with E-state index in [0.29, 0.717) is 22.7 Å². The highest BCUT2D eigenvalue weighted by Gasteiger charge is 2.10. The predicted octanol–water partition coefficient (Wildman–Crippen LogP) is 1.93. The van der Waals surface area contributed by atoms with E-state index in [0.717, 1.165) is 5.56 Å². The predicted molar refractivity (Wildman–Crippen MR) is 94.8 cm³/mol. The maximum Gasteiger partial charge on any atom is 0.338 e. The van der Waals surface area contributed by atoms with Crippen molar-refractivity contribution in [2.75, 3.05) is 6.26 Å². The minimum absolute atomic E-state index is 0.0938. The molecular formula is C18H16N2O4S. The van der Waals surface area contributed by atoms with Crippen LogP contribution >= 0.6 is 0 Å². The molecule has 0 spiro atoms. The van der Waals surface area contributed by atoms with Gasteiger partial charge in [-0.25, -0.2) is 9.78 Å². The van der Waals surface area contributed by atoms with Crippen LogP contribution in [0.1, 0.15) is 21.6 Å². The number of pyridine rings is 1. The third-order valence-electron chi connectivity index (χ3n) is 3.51. The number of hydrogen-bond donors (Lipinski definition) is 0. The van der Waals surface area contributed by atoms with Gasteiger partial charge < -0.3 is 4.74 Å². The summed E-state index contributed by atoms with van der Waals surface area (Å²) >= 11 is 0. The Morgan fingerprint density at radius 1 is 1.20 bits per heavy atom. The molecule has 1 unspecified atom stereocenters. The molecule has 25 heavy (non-hydrogen) atoms. The van der Waals surface area contributed by atoms with Crippen molar-refractivity contribution in [3.05, 3.63) is 81.9 Å². The summed E-state index contributed by atoms with van der Waals surface area (Å²) < 4.78 is 18.0. The molecule has 0 fully saturated rings. The molecule has 0 N–H and O–H groups in total. The Hall–Kier alpha value is -2.80. The summed E-state index contributed by atoms with van der Waals surface area (Å²) in [5.74, 6) is -0.136. The molecule has 1 aromatic carbocycles. The van der Waals surface area contributed by atoms with Gasteiger partial charge in [0.25, 0.3) is 5.56 Å². The fourth-order valence-corrected chi connectivity index (χ4v) is 3.07. The molecule has 3 rings (SSSR count). The monoisotopic (exact) mass is 356 g/mol. The van der Waals surface area contributed by atoms with Gasteiger partial charge in [-0.2, -0.15) is 0 Å². The maximum atomic E-state index is 12.2. The van der Waals surface area contributed by atoms with E-state index < -0.39 is 16.8 Å². The van der Waals surface area contributed by atoms with Gasteiger partial charge in [-0.15, -0.1) is 0 Å². The Kier molecular flexibility index (Phi) is 5.04. The molecule has 0 aliphatic heterocycles. The lowest BCUT2D eigenvalue weighted by molar-refractivity contribution is 0.0467. The first-order valence-corrected chi connectivity index (χ1v) is 9.29. The number of aromatic nitrogens is 2. The molecule has 128 valence electrons. The molecule has 2 aromatic heterocycles. The zero-order valence-corrected chi connectivity index (χ0v) is 14.4. The number of nitrogens with zero attached hydrogens (tertiary/aromatic N) is 2. The van der Waals surface area contributed by atoms with Crippen LogP contribution in [-0.2, 0) is 27.9 Å². The summed E-state index contributed by atoms with van der Waals surface area (Å²) in [5, 5.41) is 0. The molecule has 0 aliphatic carbocycles. The smallest absolute Gasteiger partial charge is 0.338 e. The Balaban J connectivity index is 1.74. The number of hydrogen-bond acceptors (Lipinski definition) is 5. The SMILES string of the molecule is CS(=O)Cc1cccc(C(=O)OCc2cc(=O)n3ccccc3n2)c1. The fourth-order valence-electron chi connectivity index (χ4n) is 2.42. The summed E-state index contributed by atoms with van der Waals surface area (Å²) in [7, 11) is -0.987. The minimum Gasteiger partial charge on any atom is -0.456 e. The van der Waals surface area contributed by atoms with Crippen LogP contribution in [0.4, 0.5) is 0 Å². The van der Waals surface area contributed by atoms with Crippen molar-refractivity contribution in [1.29, 1.82) is 0 Å². The van der Waals surface area contributed by atoms with Gasteiger partial charge in [0.2, 0.25) is 0 Å². The fraction of sp³-hybridized carbons (Fsp3) is 0.167. The van der Waals surface area contributed by atoms with Gasteiger partial charge in [-0.1, -0.05) is 18.2 Å². The lowest BCUT2D eigenvalue weighted by Gasteiger charge is -2.07. The molecule has 0 radical (unpaired) electrons. The third-order valence-corrected chi connectivity index (χ3v) is 4.25. The second kappa shape index (κ2) is 7.40. The zero-order valence-electron chi connectivity index (χ0n) is 13.5. The van der Waals surface area contributed by atoms with Crippen molar-refractivity contribution in [3.8, 4) is 0 Å². The van der Waals surface area contributed by atoms with E-state index in [-0.39, 0.29) is 12.2 Å². The first-order valence-electron chi connectivity index (χ1n) is 7.56. The average Bonchev–Trinajstić information content (AvgIpc) is 2.59. The lowest BCUT2D eigenvalue weighted by Crippen LogP contribution is -2.16. The zero-order chi connectivity index (χ0) is 17.8. The van der Waals surface area contributed by atoms with E-state index in [2.05, 4.69) is 4.98 Å². The Morgan fingerprint density at radius 3 is 2.84 bits per heavy atom. The number of carbonyl (C=O) groups is 1. The van der Waals surface area contributed by atoms with E-state index in [9.17, 15) is 13.8 Å². The highest BCUT2D eigenvalue weighted by Crippen LogP contribution is 2.10. The van der Waals surface area contributed by atoms with Crippen molar-refractivity contribution in [2.45, 2.75) is 12.4 Å². The van der Waals surface area contributed by atoms with Crippen LogP contribution in [0.3, 0.4) is 0 Å². The lowest BCUT2D eigenvalue weighted by atomic mass is 10.1. The molecule has 0 saturated heterocycles. The highest BCUT2D eigenvalue weighted by molar-refractivity contribution is 7.83. The quantitative estimate of drug-likeness (QED) is 0.653. The number of esters is 1. The molecule has 2 heterocycles. The highest BCUT2D eigenvalue weighted by atomic mass is 32.2. The number of benzene rings is 1.